The Bertz CT molecular complexity index is 351. The van der Waals surface area contributed by atoms with Crippen molar-refractivity contribution in [2.45, 2.75) is 44.9 Å². The average molecular weight is 221 g/mol. The number of hydrogen-bond donors (Lipinski definition) is 2. The second kappa shape index (κ2) is 5.19. The van der Waals surface area contributed by atoms with E-state index in [4.69, 9.17) is 5.11 Å². The molecule has 2 rings (SSSR count). The molecule has 0 radical (unpaired) electrons. The first-order valence-electron chi connectivity index (χ1n) is 6.16. The zero-order valence-corrected chi connectivity index (χ0v) is 9.54. The predicted molar refractivity (Wildman–Crippen MR) is 62.6 cm³/mol. The lowest BCUT2D eigenvalue weighted by Gasteiger charge is -2.06. The SMILES string of the molecule is O=C(O)c1cc(CCCC2CCCC2)c[nH]1. The van der Waals surface area contributed by atoms with E-state index >= 15 is 0 Å². The minimum absolute atomic E-state index is 0.302. The number of aromatic nitrogens is 1. The van der Waals surface area contributed by atoms with Gasteiger partial charge in [0.15, 0.2) is 0 Å². The van der Waals surface area contributed by atoms with Gasteiger partial charge in [-0.3, -0.25) is 0 Å². The molecule has 0 amide bonds. The van der Waals surface area contributed by atoms with E-state index in [0.29, 0.717) is 5.69 Å². The van der Waals surface area contributed by atoms with Gasteiger partial charge in [0, 0.05) is 6.20 Å². The van der Waals surface area contributed by atoms with Crippen molar-refractivity contribution in [3.05, 3.63) is 23.5 Å². The molecule has 0 aromatic carbocycles. The number of H-pyrrole nitrogens is 1. The van der Waals surface area contributed by atoms with E-state index < -0.39 is 5.97 Å². The largest absolute Gasteiger partial charge is 0.477 e. The van der Waals surface area contributed by atoms with Crippen LogP contribution >= 0.6 is 0 Å². The highest BCUT2D eigenvalue weighted by atomic mass is 16.4. The van der Waals surface area contributed by atoms with E-state index in [1.54, 1.807) is 6.07 Å². The number of carboxylic acid groups (broad SMARTS) is 1. The van der Waals surface area contributed by atoms with Gasteiger partial charge in [-0.15, -0.1) is 0 Å². The van der Waals surface area contributed by atoms with Gasteiger partial charge in [-0.05, 0) is 30.4 Å². The lowest BCUT2D eigenvalue weighted by molar-refractivity contribution is 0.0691. The summed E-state index contributed by atoms with van der Waals surface area (Å²) < 4.78 is 0. The van der Waals surface area contributed by atoms with Crippen LogP contribution in [0.4, 0.5) is 0 Å². The molecule has 1 heterocycles. The number of aromatic amines is 1. The van der Waals surface area contributed by atoms with Crippen molar-refractivity contribution in [2.75, 3.05) is 0 Å². The normalized spacial score (nSPS) is 16.8. The second-order valence-electron chi connectivity index (χ2n) is 4.77. The first-order valence-corrected chi connectivity index (χ1v) is 6.16. The first kappa shape index (κ1) is 11.2. The molecule has 0 unspecified atom stereocenters. The Kier molecular flexibility index (Phi) is 3.65. The number of carboxylic acids is 1. The minimum atomic E-state index is -0.873. The molecular formula is C13H19NO2. The van der Waals surface area contributed by atoms with Crippen molar-refractivity contribution in [3.8, 4) is 0 Å². The fraction of sp³-hybridized carbons (Fsp3) is 0.615. The summed E-state index contributed by atoms with van der Waals surface area (Å²) in [6.45, 7) is 0. The van der Waals surface area contributed by atoms with Crippen LogP contribution in [0.15, 0.2) is 12.3 Å². The summed E-state index contributed by atoms with van der Waals surface area (Å²) >= 11 is 0. The molecule has 1 saturated carbocycles. The van der Waals surface area contributed by atoms with Crippen LogP contribution in [0.1, 0.15) is 54.6 Å². The molecule has 1 aromatic heterocycles. The summed E-state index contributed by atoms with van der Waals surface area (Å²) in [5.74, 6) is 0.0555. The van der Waals surface area contributed by atoms with Crippen LogP contribution in [0.3, 0.4) is 0 Å². The third kappa shape index (κ3) is 2.87. The Labute approximate surface area is 95.9 Å². The van der Waals surface area contributed by atoms with Crippen molar-refractivity contribution in [1.82, 2.24) is 4.98 Å². The molecule has 0 aliphatic heterocycles. The molecule has 1 aromatic rings. The van der Waals surface area contributed by atoms with Crippen LogP contribution in [0.5, 0.6) is 0 Å². The molecule has 3 heteroatoms. The van der Waals surface area contributed by atoms with E-state index in [0.717, 1.165) is 17.9 Å². The lowest BCUT2D eigenvalue weighted by Crippen LogP contribution is -1.95. The predicted octanol–water partition coefficient (Wildman–Crippen LogP) is 3.23. The standard InChI is InChI=1S/C13H19NO2/c15-13(16)12-8-11(9-14-12)7-3-6-10-4-1-2-5-10/h8-10,14H,1-7H2,(H,15,16). The van der Waals surface area contributed by atoms with Crippen molar-refractivity contribution in [2.24, 2.45) is 5.92 Å². The Morgan fingerprint density at radius 1 is 1.44 bits per heavy atom. The summed E-state index contributed by atoms with van der Waals surface area (Å²) in [6.07, 6.45) is 10.9. The third-order valence-electron chi connectivity index (χ3n) is 3.53. The molecule has 1 aliphatic carbocycles. The first-order chi connectivity index (χ1) is 7.75. The van der Waals surface area contributed by atoms with E-state index in [9.17, 15) is 4.79 Å². The molecule has 88 valence electrons. The highest BCUT2D eigenvalue weighted by molar-refractivity contribution is 5.85. The van der Waals surface area contributed by atoms with Gasteiger partial charge < -0.3 is 10.1 Å². The molecule has 1 aliphatic rings. The molecule has 16 heavy (non-hydrogen) atoms. The van der Waals surface area contributed by atoms with Crippen LogP contribution in [0.25, 0.3) is 0 Å². The smallest absolute Gasteiger partial charge is 0.352 e. The van der Waals surface area contributed by atoms with Crippen LogP contribution in [0.2, 0.25) is 0 Å². The molecular weight excluding hydrogens is 202 g/mol. The van der Waals surface area contributed by atoms with Gasteiger partial charge in [0.05, 0.1) is 0 Å². The quantitative estimate of drug-likeness (QED) is 0.802. The summed E-state index contributed by atoms with van der Waals surface area (Å²) in [6, 6.07) is 1.75. The second-order valence-corrected chi connectivity index (χ2v) is 4.77. The number of hydrogen-bond acceptors (Lipinski definition) is 1. The number of aryl methyl sites for hydroxylation is 1. The number of rotatable bonds is 5. The Morgan fingerprint density at radius 2 is 2.19 bits per heavy atom. The van der Waals surface area contributed by atoms with Crippen molar-refractivity contribution in [1.29, 1.82) is 0 Å². The lowest BCUT2D eigenvalue weighted by atomic mass is 9.99. The maximum absolute atomic E-state index is 10.7. The molecule has 0 atom stereocenters. The van der Waals surface area contributed by atoms with Gasteiger partial charge in [0.25, 0.3) is 0 Å². The summed E-state index contributed by atoms with van der Waals surface area (Å²) in [7, 11) is 0. The Hall–Kier alpha value is -1.25. The van der Waals surface area contributed by atoms with Gasteiger partial charge in [-0.1, -0.05) is 32.1 Å². The monoisotopic (exact) mass is 221 g/mol. The topological polar surface area (TPSA) is 53.1 Å². The molecule has 1 fully saturated rings. The summed E-state index contributed by atoms with van der Waals surface area (Å²) in [5.41, 5.74) is 1.42. The van der Waals surface area contributed by atoms with E-state index in [-0.39, 0.29) is 0 Å². The number of carbonyl (C=O) groups is 1. The van der Waals surface area contributed by atoms with Crippen LogP contribution in [-0.4, -0.2) is 16.1 Å². The molecule has 0 spiro atoms. The Balaban J connectivity index is 1.74. The van der Waals surface area contributed by atoms with E-state index in [2.05, 4.69) is 4.98 Å². The minimum Gasteiger partial charge on any atom is -0.477 e. The zero-order chi connectivity index (χ0) is 11.4. The molecule has 0 saturated heterocycles. The van der Waals surface area contributed by atoms with Crippen LogP contribution in [-0.2, 0) is 6.42 Å². The number of nitrogens with one attached hydrogen (secondary N) is 1. The molecule has 3 nitrogen and oxygen atoms in total. The van der Waals surface area contributed by atoms with Gasteiger partial charge in [0.2, 0.25) is 0 Å². The molecule has 2 N–H and O–H groups in total. The summed E-state index contributed by atoms with van der Waals surface area (Å²) in [5, 5.41) is 8.76. The fourth-order valence-electron chi connectivity index (χ4n) is 2.60. The van der Waals surface area contributed by atoms with Crippen LogP contribution < -0.4 is 0 Å². The summed E-state index contributed by atoms with van der Waals surface area (Å²) in [4.78, 5) is 13.5. The van der Waals surface area contributed by atoms with Gasteiger partial charge in [-0.2, -0.15) is 0 Å². The van der Waals surface area contributed by atoms with Crippen molar-refractivity contribution in [3.63, 3.8) is 0 Å². The van der Waals surface area contributed by atoms with Crippen molar-refractivity contribution < 1.29 is 9.90 Å². The van der Waals surface area contributed by atoms with E-state index in [1.807, 2.05) is 6.20 Å². The highest BCUT2D eigenvalue weighted by Gasteiger charge is 2.14. The maximum atomic E-state index is 10.7. The number of aromatic carboxylic acids is 1. The van der Waals surface area contributed by atoms with Gasteiger partial charge >= 0.3 is 5.97 Å². The van der Waals surface area contributed by atoms with Crippen LogP contribution in [0, 0.1) is 5.92 Å². The molecule has 0 bridgehead atoms. The average Bonchev–Trinajstić information content (AvgIpc) is 2.87. The van der Waals surface area contributed by atoms with E-state index in [1.165, 1.54) is 38.5 Å². The van der Waals surface area contributed by atoms with Gasteiger partial charge in [-0.25, -0.2) is 4.79 Å². The van der Waals surface area contributed by atoms with Gasteiger partial charge in [0.1, 0.15) is 5.69 Å². The highest BCUT2D eigenvalue weighted by Crippen LogP contribution is 2.28. The zero-order valence-electron chi connectivity index (χ0n) is 9.54. The Morgan fingerprint density at radius 3 is 2.81 bits per heavy atom. The third-order valence-corrected chi connectivity index (χ3v) is 3.53. The fourth-order valence-corrected chi connectivity index (χ4v) is 2.60. The van der Waals surface area contributed by atoms with Crippen molar-refractivity contribution >= 4 is 5.97 Å². The maximum Gasteiger partial charge on any atom is 0.352 e.